The maximum absolute atomic E-state index is 5.98. The lowest BCUT2D eigenvalue weighted by molar-refractivity contribution is 0.578. The third-order valence-electron chi connectivity index (χ3n) is 4.19. The molecule has 0 radical (unpaired) electrons. The van der Waals surface area contributed by atoms with Gasteiger partial charge < -0.3 is 10.6 Å². The molecular formula is C17H26N4. The summed E-state index contributed by atoms with van der Waals surface area (Å²) in [6.07, 6.45) is 2.21. The summed E-state index contributed by atoms with van der Waals surface area (Å²) in [6, 6.07) is 10.8. The van der Waals surface area contributed by atoms with Crippen LogP contribution in [0.4, 0.5) is 5.82 Å². The Morgan fingerprint density at radius 3 is 2.33 bits per heavy atom. The second kappa shape index (κ2) is 6.76. The van der Waals surface area contributed by atoms with E-state index in [4.69, 9.17) is 10.8 Å². The molecule has 0 aliphatic carbocycles. The number of rotatable bonds is 6. The number of aryl methyl sites for hydroxylation is 1. The number of hydrogen-bond acceptors (Lipinski definition) is 3. The van der Waals surface area contributed by atoms with E-state index < -0.39 is 0 Å². The van der Waals surface area contributed by atoms with E-state index in [-0.39, 0.29) is 0 Å². The Morgan fingerprint density at radius 1 is 1.19 bits per heavy atom. The van der Waals surface area contributed by atoms with Crippen molar-refractivity contribution in [2.75, 3.05) is 11.9 Å². The summed E-state index contributed by atoms with van der Waals surface area (Å²) >= 11 is 0. The quantitative estimate of drug-likeness (QED) is 0.886. The summed E-state index contributed by atoms with van der Waals surface area (Å²) in [7, 11) is 2.15. The van der Waals surface area contributed by atoms with Crippen LogP contribution in [-0.4, -0.2) is 22.9 Å². The Morgan fingerprint density at radius 2 is 1.81 bits per heavy atom. The van der Waals surface area contributed by atoms with Gasteiger partial charge in [-0.15, -0.1) is 0 Å². The van der Waals surface area contributed by atoms with Crippen molar-refractivity contribution >= 4 is 5.82 Å². The highest BCUT2D eigenvalue weighted by atomic mass is 15.4. The smallest absolute Gasteiger partial charge is 0.137 e. The molecule has 21 heavy (non-hydrogen) atoms. The SMILES string of the molecule is CCC(CC)N(C)c1c(CN)c(C)nn1-c1ccccc1. The normalized spacial score (nSPS) is 11.1. The molecule has 0 amide bonds. The molecule has 0 fully saturated rings. The van der Waals surface area contributed by atoms with Gasteiger partial charge in [0, 0.05) is 25.2 Å². The lowest BCUT2D eigenvalue weighted by atomic mass is 10.1. The Labute approximate surface area is 127 Å². The fourth-order valence-electron chi connectivity index (χ4n) is 2.91. The van der Waals surface area contributed by atoms with E-state index in [1.165, 1.54) is 0 Å². The molecule has 0 aliphatic heterocycles. The van der Waals surface area contributed by atoms with Crippen LogP contribution in [0.25, 0.3) is 5.69 Å². The number of hydrogen-bond donors (Lipinski definition) is 1. The molecule has 0 saturated carbocycles. The third-order valence-corrected chi connectivity index (χ3v) is 4.19. The van der Waals surface area contributed by atoms with Gasteiger partial charge in [0.15, 0.2) is 0 Å². The lowest BCUT2D eigenvalue weighted by Crippen LogP contribution is -2.33. The van der Waals surface area contributed by atoms with Crippen LogP contribution in [0.15, 0.2) is 30.3 Å². The molecule has 0 atom stereocenters. The Bertz CT molecular complexity index is 570. The van der Waals surface area contributed by atoms with E-state index in [2.05, 4.69) is 37.9 Å². The molecule has 0 saturated heterocycles. The number of nitrogens with zero attached hydrogens (tertiary/aromatic N) is 3. The molecule has 1 aromatic carbocycles. The van der Waals surface area contributed by atoms with E-state index in [1.54, 1.807) is 0 Å². The third kappa shape index (κ3) is 2.95. The van der Waals surface area contributed by atoms with Crippen molar-refractivity contribution in [3.63, 3.8) is 0 Å². The highest BCUT2D eigenvalue weighted by Gasteiger charge is 2.22. The van der Waals surface area contributed by atoms with Crippen LogP contribution in [0.3, 0.4) is 0 Å². The van der Waals surface area contributed by atoms with Crippen molar-refractivity contribution in [2.24, 2.45) is 5.73 Å². The number of aromatic nitrogens is 2. The Hall–Kier alpha value is -1.81. The van der Waals surface area contributed by atoms with Gasteiger partial charge in [-0.05, 0) is 31.9 Å². The Kier molecular flexibility index (Phi) is 5.02. The zero-order valence-electron chi connectivity index (χ0n) is 13.5. The van der Waals surface area contributed by atoms with Crippen LogP contribution < -0.4 is 10.6 Å². The first-order valence-corrected chi connectivity index (χ1v) is 7.70. The molecule has 0 unspecified atom stereocenters. The zero-order chi connectivity index (χ0) is 15.4. The average molecular weight is 286 g/mol. The summed E-state index contributed by atoms with van der Waals surface area (Å²) < 4.78 is 2.02. The van der Waals surface area contributed by atoms with E-state index in [0.717, 1.165) is 35.6 Å². The second-order valence-electron chi connectivity index (χ2n) is 5.42. The first kappa shape index (κ1) is 15.6. The van der Waals surface area contributed by atoms with Crippen molar-refractivity contribution in [3.8, 4) is 5.69 Å². The van der Waals surface area contributed by atoms with Crippen molar-refractivity contribution in [3.05, 3.63) is 41.6 Å². The number of nitrogens with two attached hydrogens (primary N) is 1. The fraction of sp³-hybridized carbons (Fsp3) is 0.471. The van der Waals surface area contributed by atoms with Gasteiger partial charge in [-0.25, -0.2) is 4.68 Å². The minimum absolute atomic E-state index is 0.494. The minimum atomic E-state index is 0.494. The Balaban J connectivity index is 2.57. The predicted molar refractivity (Wildman–Crippen MR) is 89.0 cm³/mol. The predicted octanol–water partition coefficient (Wildman–Crippen LogP) is 3.26. The number of benzene rings is 1. The largest absolute Gasteiger partial charge is 0.356 e. The van der Waals surface area contributed by atoms with Crippen molar-refractivity contribution in [2.45, 2.75) is 46.2 Å². The summed E-state index contributed by atoms with van der Waals surface area (Å²) in [6.45, 7) is 7.00. The highest BCUT2D eigenvalue weighted by molar-refractivity contribution is 5.55. The van der Waals surface area contributed by atoms with Crippen LogP contribution in [0.2, 0.25) is 0 Å². The molecule has 2 N–H and O–H groups in total. The summed E-state index contributed by atoms with van der Waals surface area (Å²) in [5.74, 6) is 1.12. The topological polar surface area (TPSA) is 47.1 Å². The molecule has 0 bridgehead atoms. The van der Waals surface area contributed by atoms with E-state index in [0.29, 0.717) is 12.6 Å². The van der Waals surface area contributed by atoms with Gasteiger partial charge in [-0.2, -0.15) is 5.10 Å². The minimum Gasteiger partial charge on any atom is -0.356 e. The van der Waals surface area contributed by atoms with Crippen LogP contribution in [0, 0.1) is 6.92 Å². The molecule has 1 heterocycles. The first-order valence-electron chi connectivity index (χ1n) is 7.70. The van der Waals surface area contributed by atoms with Gasteiger partial charge in [0.25, 0.3) is 0 Å². The van der Waals surface area contributed by atoms with E-state index >= 15 is 0 Å². The molecule has 2 rings (SSSR count). The lowest BCUT2D eigenvalue weighted by Gasteiger charge is -2.29. The number of para-hydroxylation sites is 1. The molecular weight excluding hydrogens is 260 g/mol. The standard InChI is InChI=1S/C17H26N4/c1-5-14(6-2)20(4)17-16(12-18)13(3)19-21(17)15-10-8-7-9-11-15/h7-11,14H,5-6,12,18H2,1-4H3. The molecule has 2 aromatic rings. The zero-order valence-corrected chi connectivity index (χ0v) is 13.5. The van der Waals surface area contributed by atoms with Crippen LogP contribution in [-0.2, 0) is 6.54 Å². The molecule has 0 spiro atoms. The fourth-order valence-corrected chi connectivity index (χ4v) is 2.91. The second-order valence-corrected chi connectivity index (χ2v) is 5.42. The summed E-state index contributed by atoms with van der Waals surface area (Å²) in [5.41, 5.74) is 9.20. The highest BCUT2D eigenvalue weighted by Crippen LogP contribution is 2.28. The van der Waals surface area contributed by atoms with E-state index in [1.807, 2.05) is 29.8 Å². The van der Waals surface area contributed by atoms with Gasteiger partial charge in [-0.3, -0.25) is 0 Å². The average Bonchev–Trinajstić information content (AvgIpc) is 2.85. The molecule has 0 aliphatic rings. The van der Waals surface area contributed by atoms with Gasteiger partial charge >= 0.3 is 0 Å². The first-order chi connectivity index (χ1) is 10.1. The van der Waals surface area contributed by atoms with Crippen molar-refractivity contribution < 1.29 is 0 Å². The van der Waals surface area contributed by atoms with Crippen molar-refractivity contribution in [1.82, 2.24) is 9.78 Å². The van der Waals surface area contributed by atoms with Gasteiger partial charge in [-0.1, -0.05) is 32.0 Å². The van der Waals surface area contributed by atoms with Crippen LogP contribution in [0.5, 0.6) is 0 Å². The molecule has 4 nitrogen and oxygen atoms in total. The van der Waals surface area contributed by atoms with Crippen LogP contribution >= 0.6 is 0 Å². The maximum Gasteiger partial charge on any atom is 0.137 e. The van der Waals surface area contributed by atoms with Gasteiger partial charge in [0.05, 0.1) is 11.4 Å². The monoisotopic (exact) mass is 286 g/mol. The van der Waals surface area contributed by atoms with Gasteiger partial charge in [0.2, 0.25) is 0 Å². The van der Waals surface area contributed by atoms with Crippen molar-refractivity contribution in [1.29, 1.82) is 0 Å². The molecule has 114 valence electrons. The summed E-state index contributed by atoms with van der Waals surface area (Å²) in [4.78, 5) is 2.33. The molecule has 1 aromatic heterocycles. The van der Waals surface area contributed by atoms with Crippen LogP contribution in [0.1, 0.15) is 37.9 Å². The molecule has 4 heteroatoms. The maximum atomic E-state index is 5.98. The summed E-state index contributed by atoms with van der Waals surface area (Å²) in [5, 5.41) is 4.72. The number of anilines is 1. The van der Waals surface area contributed by atoms with Gasteiger partial charge in [0.1, 0.15) is 5.82 Å². The van der Waals surface area contributed by atoms with E-state index in [9.17, 15) is 0 Å².